The SMILES string of the molecule is CCCC(N)C(=O)N(CC)Cc1ccc(Cl)c(Cl)c1. The maximum atomic E-state index is 12.2. The Kier molecular flexibility index (Phi) is 6.63. The zero-order valence-electron chi connectivity index (χ0n) is 11.3. The molecule has 0 aliphatic carbocycles. The Bertz CT molecular complexity index is 437. The summed E-state index contributed by atoms with van der Waals surface area (Å²) < 4.78 is 0. The molecule has 0 aromatic heterocycles. The van der Waals surface area contributed by atoms with Crippen LogP contribution in [0.3, 0.4) is 0 Å². The Morgan fingerprint density at radius 1 is 1.32 bits per heavy atom. The summed E-state index contributed by atoms with van der Waals surface area (Å²) >= 11 is 11.8. The smallest absolute Gasteiger partial charge is 0.239 e. The molecule has 1 rings (SSSR count). The molecule has 1 amide bonds. The number of hydrogen-bond acceptors (Lipinski definition) is 2. The van der Waals surface area contributed by atoms with Crippen molar-refractivity contribution in [2.45, 2.75) is 39.3 Å². The molecular formula is C14H20Cl2N2O. The summed E-state index contributed by atoms with van der Waals surface area (Å²) in [6.45, 7) is 5.08. The van der Waals surface area contributed by atoms with Gasteiger partial charge >= 0.3 is 0 Å². The lowest BCUT2D eigenvalue weighted by molar-refractivity contribution is -0.133. The largest absolute Gasteiger partial charge is 0.337 e. The van der Waals surface area contributed by atoms with E-state index in [9.17, 15) is 4.79 Å². The molecule has 3 nitrogen and oxygen atoms in total. The van der Waals surface area contributed by atoms with Gasteiger partial charge in [-0.15, -0.1) is 0 Å². The van der Waals surface area contributed by atoms with Crippen molar-refractivity contribution in [3.63, 3.8) is 0 Å². The second-order valence-corrected chi connectivity index (χ2v) is 5.31. The highest BCUT2D eigenvalue weighted by molar-refractivity contribution is 6.42. The molecule has 5 heteroatoms. The van der Waals surface area contributed by atoms with Crippen LogP contribution in [0.2, 0.25) is 10.0 Å². The third-order valence-electron chi connectivity index (χ3n) is 2.97. The van der Waals surface area contributed by atoms with Gasteiger partial charge in [0, 0.05) is 13.1 Å². The summed E-state index contributed by atoms with van der Waals surface area (Å²) in [6, 6.07) is 4.97. The molecule has 0 radical (unpaired) electrons. The van der Waals surface area contributed by atoms with E-state index in [4.69, 9.17) is 28.9 Å². The number of halogens is 2. The van der Waals surface area contributed by atoms with E-state index in [0.29, 0.717) is 29.6 Å². The van der Waals surface area contributed by atoms with Crippen LogP contribution in [-0.2, 0) is 11.3 Å². The van der Waals surface area contributed by atoms with Crippen LogP contribution >= 0.6 is 23.2 Å². The lowest BCUT2D eigenvalue weighted by atomic mass is 10.1. The van der Waals surface area contributed by atoms with Crippen LogP contribution < -0.4 is 5.73 Å². The van der Waals surface area contributed by atoms with Gasteiger partial charge in [-0.25, -0.2) is 0 Å². The summed E-state index contributed by atoms with van der Waals surface area (Å²) in [5, 5.41) is 1.02. The highest BCUT2D eigenvalue weighted by atomic mass is 35.5. The number of carbonyl (C=O) groups is 1. The average Bonchev–Trinajstić information content (AvgIpc) is 2.39. The van der Waals surface area contributed by atoms with E-state index in [-0.39, 0.29) is 5.91 Å². The third-order valence-corrected chi connectivity index (χ3v) is 3.71. The quantitative estimate of drug-likeness (QED) is 0.874. The fraction of sp³-hybridized carbons (Fsp3) is 0.500. The molecule has 0 saturated heterocycles. The van der Waals surface area contributed by atoms with Crippen molar-refractivity contribution in [1.29, 1.82) is 0 Å². The van der Waals surface area contributed by atoms with E-state index in [1.54, 1.807) is 17.0 Å². The minimum Gasteiger partial charge on any atom is -0.337 e. The van der Waals surface area contributed by atoms with Crippen LogP contribution in [0, 0.1) is 0 Å². The lowest BCUT2D eigenvalue weighted by Crippen LogP contribution is -2.43. The molecular weight excluding hydrogens is 283 g/mol. The van der Waals surface area contributed by atoms with Crippen LogP contribution in [0.5, 0.6) is 0 Å². The van der Waals surface area contributed by atoms with E-state index in [0.717, 1.165) is 12.0 Å². The number of nitrogens with zero attached hydrogens (tertiary/aromatic N) is 1. The van der Waals surface area contributed by atoms with Crippen molar-refractivity contribution in [1.82, 2.24) is 4.90 Å². The van der Waals surface area contributed by atoms with Crippen molar-refractivity contribution in [3.8, 4) is 0 Å². The van der Waals surface area contributed by atoms with Gasteiger partial charge in [-0.2, -0.15) is 0 Å². The first-order valence-corrected chi connectivity index (χ1v) is 7.23. The second-order valence-electron chi connectivity index (χ2n) is 4.50. The number of benzene rings is 1. The molecule has 0 bridgehead atoms. The molecule has 1 aromatic carbocycles. The number of amides is 1. The number of carbonyl (C=O) groups excluding carboxylic acids is 1. The van der Waals surface area contributed by atoms with Crippen molar-refractivity contribution >= 4 is 29.1 Å². The summed E-state index contributed by atoms with van der Waals surface area (Å²) in [7, 11) is 0. The Morgan fingerprint density at radius 2 is 2.00 bits per heavy atom. The van der Waals surface area contributed by atoms with Gasteiger partial charge in [0.15, 0.2) is 0 Å². The van der Waals surface area contributed by atoms with E-state index in [1.165, 1.54) is 0 Å². The van der Waals surface area contributed by atoms with Crippen LogP contribution in [0.1, 0.15) is 32.3 Å². The molecule has 2 N–H and O–H groups in total. The number of hydrogen-bond donors (Lipinski definition) is 1. The summed E-state index contributed by atoms with van der Waals surface area (Å²) in [5.41, 5.74) is 6.83. The first-order valence-electron chi connectivity index (χ1n) is 6.47. The highest BCUT2D eigenvalue weighted by Gasteiger charge is 2.19. The minimum atomic E-state index is -0.423. The predicted octanol–water partition coefficient (Wildman–Crippen LogP) is 3.47. The Hall–Kier alpha value is -0.770. The summed E-state index contributed by atoms with van der Waals surface area (Å²) in [5.74, 6) is -0.0181. The van der Waals surface area contributed by atoms with Gasteiger partial charge in [0.1, 0.15) is 0 Å². The molecule has 1 unspecified atom stereocenters. The van der Waals surface area contributed by atoms with Gasteiger partial charge < -0.3 is 10.6 Å². The van der Waals surface area contributed by atoms with Crippen molar-refractivity contribution in [2.24, 2.45) is 5.73 Å². The van der Waals surface area contributed by atoms with E-state index >= 15 is 0 Å². The number of rotatable bonds is 6. The highest BCUT2D eigenvalue weighted by Crippen LogP contribution is 2.23. The van der Waals surface area contributed by atoms with E-state index in [2.05, 4.69) is 0 Å². The second kappa shape index (κ2) is 7.73. The molecule has 0 aliphatic heterocycles. The number of likely N-dealkylation sites (N-methyl/N-ethyl adjacent to an activating group) is 1. The van der Waals surface area contributed by atoms with Crippen molar-refractivity contribution in [3.05, 3.63) is 33.8 Å². The Morgan fingerprint density at radius 3 is 2.53 bits per heavy atom. The van der Waals surface area contributed by atoms with Crippen molar-refractivity contribution in [2.75, 3.05) is 6.54 Å². The van der Waals surface area contributed by atoms with Crippen LogP contribution in [0.25, 0.3) is 0 Å². The lowest BCUT2D eigenvalue weighted by Gasteiger charge is -2.24. The van der Waals surface area contributed by atoms with Crippen LogP contribution in [0.4, 0.5) is 0 Å². The van der Waals surface area contributed by atoms with Crippen LogP contribution in [-0.4, -0.2) is 23.4 Å². The average molecular weight is 303 g/mol. The molecule has 1 aromatic rings. The van der Waals surface area contributed by atoms with Gasteiger partial charge in [-0.3, -0.25) is 4.79 Å². The normalized spacial score (nSPS) is 12.3. The predicted molar refractivity (Wildman–Crippen MR) is 80.4 cm³/mol. The van der Waals surface area contributed by atoms with E-state index in [1.807, 2.05) is 19.9 Å². The molecule has 1 atom stereocenters. The monoisotopic (exact) mass is 302 g/mol. The first-order chi connectivity index (χ1) is 8.99. The molecule has 0 spiro atoms. The van der Waals surface area contributed by atoms with Gasteiger partial charge in [0.25, 0.3) is 0 Å². The minimum absolute atomic E-state index is 0.0181. The van der Waals surface area contributed by atoms with Crippen molar-refractivity contribution < 1.29 is 4.79 Å². The zero-order chi connectivity index (χ0) is 14.4. The Balaban J connectivity index is 2.75. The topological polar surface area (TPSA) is 46.3 Å². The Labute approximate surface area is 124 Å². The van der Waals surface area contributed by atoms with Gasteiger partial charge in [-0.05, 0) is 31.0 Å². The summed E-state index contributed by atoms with van der Waals surface area (Å²) in [6.07, 6.45) is 1.61. The first kappa shape index (κ1) is 16.3. The fourth-order valence-corrected chi connectivity index (χ4v) is 2.19. The summed E-state index contributed by atoms with van der Waals surface area (Å²) in [4.78, 5) is 13.9. The zero-order valence-corrected chi connectivity index (χ0v) is 12.8. The molecule has 19 heavy (non-hydrogen) atoms. The molecule has 0 heterocycles. The maximum Gasteiger partial charge on any atom is 0.239 e. The van der Waals surface area contributed by atoms with Gasteiger partial charge in [-0.1, -0.05) is 42.6 Å². The standard InChI is InChI=1S/C14H20Cl2N2O/c1-3-5-13(17)14(19)18(4-2)9-10-6-7-11(15)12(16)8-10/h6-8,13H,3-5,9,17H2,1-2H3. The van der Waals surface area contributed by atoms with Crippen LogP contribution in [0.15, 0.2) is 18.2 Å². The molecule has 0 fully saturated rings. The molecule has 0 saturated carbocycles. The molecule has 0 aliphatic rings. The van der Waals surface area contributed by atoms with Gasteiger partial charge in [0.05, 0.1) is 16.1 Å². The fourth-order valence-electron chi connectivity index (χ4n) is 1.87. The van der Waals surface area contributed by atoms with Gasteiger partial charge in [0.2, 0.25) is 5.91 Å². The third kappa shape index (κ3) is 4.68. The number of nitrogens with two attached hydrogens (primary N) is 1. The van der Waals surface area contributed by atoms with E-state index < -0.39 is 6.04 Å². The maximum absolute atomic E-state index is 12.2. The molecule has 106 valence electrons.